The summed E-state index contributed by atoms with van der Waals surface area (Å²) in [6, 6.07) is 11.5. The van der Waals surface area contributed by atoms with Crippen LogP contribution >= 0.6 is 12.2 Å². The number of fused-ring (bicyclic) bond motifs is 1. The topological polar surface area (TPSA) is 72.6 Å². The minimum Gasteiger partial charge on any atom is -0.454 e. The summed E-state index contributed by atoms with van der Waals surface area (Å²) < 4.78 is 30.6. The largest absolute Gasteiger partial charge is 0.454 e. The zero-order chi connectivity index (χ0) is 23.1. The molecular formula is C24H23FN4O3S. The van der Waals surface area contributed by atoms with Crippen molar-refractivity contribution in [1.29, 1.82) is 0 Å². The van der Waals surface area contributed by atoms with E-state index in [4.69, 9.17) is 26.2 Å². The first kappa shape index (κ1) is 21.4. The molecule has 1 N–H and O–H groups in total. The molecule has 7 nitrogen and oxygen atoms in total. The highest BCUT2D eigenvalue weighted by atomic mass is 32.1. The quantitative estimate of drug-likeness (QED) is 0.531. The van der Waals surface area contributed by atoms with Crippen molar-refractivity contribution in [2.45, 2.75) is 26.8 Å². The molecule has 1 aromatic heterocycles. The van der Waals surface area contributed by atoms with Crippen LogP contribution in [-0.2, 0) is 0 Å². The fourth-order valence-corrected chi connectivity index (χ4v) is 4.39. The van der Waals surface area contributed by atoms with E-state index in [-0.39, 0.29) is 12.6 Å². The second-order valence-electron chi connectivity index (χ2n) is 8.43. The molecule has 0 amide bonds. The summed E-state index contributed by atoms with van der Waals surface area (Å²) in [5.41, 5.74) is 3.11. The third-order valence-electron chi connectivity index (χ3n) is 5.61. The smallest absolute Gasteiger partial charge is 0.258 e. The maximum Gasteiger partial charge on any atom is 0.258 e. The molecule has 2 aliphatic heterocycles. The predicted octanol–water partition coefficient (Wildman–Crippen LogP) is 4.92. The number of rotatable bonds is 5. The van der Waals surface area contributed by atoms with Crippen molar-refractivity contribution in [3.63, 3.8) is 0 Å². The highest BCUT2D eigenvalue weighted by Crippen LogP contribution is 2.39. The lowest BCUT2D eigenvalue weighted by Gasteiger charge is -2.38. The highest BCUT2D eigenvalue weighted by Gasteiger charge is 2.34. The Balaban J connectivity index is 1.59. The first-order valence-electron chi connectivity index (χ1n) is 10.7. The first-order chi connectivity index (χ1) is 15.9. The van der Waals surface area contributed by atoms with Crippen LogP contribution in [0.2, 0.25) is 0 Å². The van der Waals surface area contributed by atoms with Gasteiger partial charge in [0.25, 0.3) is 5.89 Å². The van der Waals surface area contributed by atoms with E-state index >= 15 is 0 Å². The summed E-state index contributed by atoms with van der Waals surface area (Å²) in [5.74, 6) is 2.14. The number of thiocarbonyl (C=S) groups is 1. The van der Waals surface area contributed by atoms with Gasteiger partial charge in [-0.05, 0) is 61.0 Å². The van der Waals surface area contributed by atoms with E-state index in [9.17, 15) is 4.39 Å². The molecule has 0 fully saturated rings. The van der Waals surface area contributed by atoms with Gasteiger partial charge < -0.3 is 24.2 Å². The number of aromatic nitrogens is 2. The van der Waals surface area contributed by atoms with E-state index in [1.54, 1.807) is 6.07 Å². The molecule has 2 aliphatic rings. The van der Waals surface area contributed by atoms with E-state index in [0.717, 1.165) is 28.9 Å². The van der Waals surface area contributed by atoms with Crippen LogP contribution in [0.15, 0.2) is 52.7 Å². The fourth-order valence-electron chi connectivity index (χ4n) is 4.07. The molecule has 0 radical (unpaired) electrons. The minimum absolute atomic E-state index is 0.189. The monoisotopic (exact) mass is 466 g/mol. The molecule has 0 spiro atoms. The Morgan fingerprint density at radius 1 is 1.18 bits per heavy atom. The van der Waals surface area contributed by atoms with Gasteiger partial charge in [0, 0.05) is 17.8 Å². The van der Waals surface area contributed by atoms with Crippen LogP contribution in [0, 0.1) is 11.7 Å². The number of nitrogens with zero attached hydrogens (tertiary/aromatic N) is 3. The van der Waals surface area contributed by atoms with E-state index in [1.165, 1.54) is 12.1 Å². The fraction of sp³-hybridized carbons (Fsp3) is 0.292. The van der Waals surface area contributed by atoms with Gasteiger partial charge in [-0.3, -0.25) is 0 Å². The van der Waals surface area contributed by atoms with Crippen molar-refractivity contribution in [3.8, 4) is 22.9 Å². The standard InChI is InChI=1S/C24H23FN4O3S/c1-13(2)11-29-14(3)20(21(26-24(29)33)15-5-4-6-17(25)9-15)23-27-22(28-32-23)16-7-8-18-19(10-16)31-12-30-18/h4-10,13,21H,11-12H2,1-3H3,(H,26,33). The number of allylic oxidation sites excluding steroid dienone is 1. The second kappa shape index (κ2) is 8.47. The summed E-state index contributed by atoms with van der Waals surface area (Å²) in [4.78, 5) is 6.70. The van der Waals surface area contributed by atoms with Gasteiger partial charge in [-0.1, -0.05) is 31.1 Å². The Morgan fingerprint density at radius 3 is 2.79 bits per heavy atom. The van der Waals surface area contributed by atoms with Crippen molar-refractivity contribution in [3.05, 3.63) is 65.4 Å². The Kier molecular flexibility index (Phi) is 5.49. The normalized spacial score (nSPS) is 17.7. The summed E-state index contributed by atoms with van der Waals surface area (Å²) in [5, 5.41) is 8.13. The lowest BCUT2D eigenvalue weighted by atomic mass is 9.94. The van der Waals surface area contributed by atoms with Crippen molar-refractivity contribution in [2.24, 2.45) is 5.92 Å². The van der Waals surface area contributed by atoms with Gasteiger partial charge in [0.2, 0.25) is 12.6 Å². The number of hydrogen-bond donors (Lipinski definition) is 1. The van der Waals surface area contributed by atoms with Crippen LogP contribution in [-0.4, -0.2) is 33.5 Å². The van der Waals surface area contributed by atoms with E-state index in [1.807, 2.05) is 36.1 Å². The van der Waals surface area contributed by atoms with Gasteiger partial charge in [-0.2, -0.15) is 4.98 Å². The van der Waals surface area contributed by atoms with Crippen molar-refractivity contribution in [1.82, 2.24) is 20.4 Å². The molecule has 0 aliphatic carbocycles. The van der Waals surface area contributed by atoms with Gasteiger partial charge in [0.05, 0.1) is 11.6 Å². The highest BCUT2D eigenvalue weighted by molar-refractivity contribution is 7.80. The average Bonchev–Trinajstić information content (AvgIpc) is 3.45. The number of halogens is 1. The maximum atomic E-state index is 14.1. The molecule has 170 valence electrons. The minimum atomic E-state index is -0.429. The van der Waals surface area contributed by atoms with Gasteiger partial charge in [-0.15, -0.1) is 0 Å². The van der Waals surface area contributed by atoms with Gasteiger partial charge in [0.1, 0.15) is 5.82 Å². The van der Waals surface area contributed by atoms with Crippen LogP contribution in [0.5, 0.6) is 11.5 Å². The molecule has 5 rings (SSSR count). The van der Waals surface area contributed by atoms with Crippen LogP contribution in [0.3, 0.4) is 0 Å². The van der Waals surface area contributed by atoms with Crippen LogP contribution in [0.4, 0.5) is 4.39 Å². The SMILES string of the molecule is CC1=C(c2nc(-c3ccc4c(c3)OCO4)no2)C(c2cccc(F)c2)NC(=S)N1CC(C)C. The molecule has 1 unspecified atom stereocenters. The molecule has 0 bridgehead atoms. The zero-order valence-corrected chi connectivity index (χ0v) is 19.3. The molecule has 2 aromatic carbocycles. The lowest BCUT2D eigenvalue weighted by molar-refractivity contribution is 0.174. The zero-order valence-electron chi connectivity index (χ0n) is 18.5. The van der Waals surface area contributed by atoms with Crippen LogP contribution < -0.4 is 14.8 Å². The molecule has 9 heteroatoms. The third kappa shape index (κ3) is 4.04. The number of benzene rings is 2. The predicted molar refractivity (Wildman–Crippen MR) is 125 cm³/mol. The molecule has 3 aromatic rings. The lowest BCUT2D eigenvalue weighted by Crippen LogP contribution is -2.47. The van der Waals surface area contributed by atoms with E-state index in [0.29, 0.717) is 34.2 Å². The number of ether oxygens (including phenoxy) is 2. The van der Waals surface area contributed by atoms with Crippen LogP contribution in [0.1, 0.15) is 38.3 Å². The van der Waals surface area contributed by atoms with Crippen molar-refractivity contribution in [2.75, 3.05) is 13.3 Å². The van der Waals surface area contributed by atoms with Gasteiger partial charge in [0.15, 0.2) is 16.6 Å². The van der Waals surface area contributed by atoms with Crippen molar-refractivity contribution >= 4 is 22.9 Å². The molecule has 33 heavy (non-hydrogen) atoms. The Labute approximate surface area is 196 Å². The number of hydrogen-bond acceptors (Lipinski definition) is 6. The summed E-state index contributed by atoms with van der Waals surface area (Å²) in [6.45, 7) is 7.13. The third-order valence-corrected chi connectivity index (χ3v) is 5.95. The molecular weight excluding hydrogens is 443 g/mol. The first-order valence-corrected chi connectivity index (χ1v) is 11.1. The van der Waals surface area contributed by atoms with Gasteiger partial charge >= 0.3 is 0 Å². The molecule has 0 saturated carbocycles. The van der Waals surface area contributed by atoms with Gasteiger partial charge in [-0.25, -0.2) is 4.39 Å². The maximum absolute atomic E-state index is 14.1. The summed E-state index contributed by atoms with van der Waals surface area (Å²) in [7, 11) is 0. The Hall–Kier alpha value is -3.46. The second-order valence-corrected chi connectivity index (χ2v) is 8.82. The average molecular weight is 467 g/mol. The van der Waals surface area contributed by atoms with E-state index < -0.39 is 6.04 Å². The summed E-state index contributed by atoms with van der Waals surface area (Å²) in [6.07, 6.45) is 0. The Morgan fingerprint density at radius 2 is 2.00 bits per heavy atom. The van der Waals surface area contributed by atoms with Crippen molar-refractivity contribution < 1.29 is 18.4 Å². The molecule has 3 heterocycles. The molecule has 1 atom stereocenters. The number of nitrogens with one attached hydrogen (secondary N) is 1. The van der Waals surface area contributed by atoms with Crippen LogP contribution in [0.25, 0.3) is 17.0 Å². The summed E-state index contributed by atoms with van der Waals surface area (Å²) >= 11 is 5.66. The van der Waals surface area contributed by atoms with E-state index in [2.05, 4.69) is 29.3 Å². The molecule has 0 saturated heterocycles. The Bertz CT molecular complexity index is 1260.